The number of pyridine rings is 1. The van der Waals surface area contributed by atoms with Crippen LogP contribution >= 0.6 is 7.82 Å². The summed E-state index contributed by atoms with van der Waals surface area (Å²) in [6.07, 6.45) is 0. The fraction of sp³-hybridized carbons (Fsp3) is 0.308. The minimum atomic E-state index is -3.69. The van der Waals surface area contributed by atoms with E-state index in [1.54, 1.807) is 38.1 Å². The Kier molecular flexibility index (Phi) is 6.58. The van der Waals surface area contributed by atoms with Crippen LogP contribution in [0, 0.1) is 0 Å². The lowest BCUT2D eigenvalue weighted by molar-refractivity contribution is 0.161. The standard InChI is InChI=1S/C9H7NO3.C4H11O4P/c11-7-5-3-1-2-4-6(5)10-9(13)8(7)12;1-3-7-9(5,6)8-4-2/h1-4,12H,(H2,10,11,13);3-4H2,1-2H3,(H,5,6). The molecule has 1 aromatic carbocycles. The molecule has 2 rings (SSSR count). The third-order valence-corrected chi connectivity index (χ3v) is 3.62. The van der Waals surface area contributed by atoms with Gasteiger partial charge in [-0.15, -0.1) is 0 Å². The quantitative estimate of drug-likeness (QED) is 0.631. The Morgan fingerprint density at radius 1 is 1.09 bits per heavy atom. The van der Waals surface area contributed by atoms with Crippen molar-refractivity contribution < 1.29 is 28.7 Å². The van der Waals surface area contributed by atoms with E-state index in [0.29, 0.717) is 10.9 Å². The lowest BCUT2D eigenvalue weighted by Crippen LogP contribution is -2.04. The second-order valence-electron chi connectivity index (χ2n) is 4.00. The number of benzene rings is 1. The molecule has 0 fully saturated rings. The molecule has 22 heavy (non-hydrogen) atoms. The molecule has 0 saturated carbocycles. The number of rotatable bonds is 4. The summed E-state index contributed by atoms with van der Waals surface area (Å²) >= 11 is 0. The van der Waals surface area contributed by atoms with Crippen LogP contribution in [-0.4, -0.2) is 33.3 Å². The van der Waals surface area contributed by atoms with Crippen LogP contribution in [0.4, 0.5) is 0 Å². The number of aromatic hydroxyl groups is 2. The Labute approximate surface area is 126 Å². The van der Waals surface area contributed by atoms with Crippen LogP contribution in [0.5, 0.6) is 11.5 Å². The number of aromatic amines is 1. The maximum Gasteiger partial charge on any atom is 0.472 e. The van der Waals surface area contributed by atoms with Crippen LogP contribution in [0.25, 0.3) is 10.9 Å². The van der Waals surface area contributed by atoms with Gasteiger partial charge in [0.15, 0.2) is 5.75 Å². The first-order chi connectivity index (χ1) is 10.3. The molecule has 9 heteroatoms. The maximum atomic E-state index is 11.0. The average Bonchev–Trinajstić information content (AvgIpc) is 2.45. The van der Waals surface area contributed by atoms with Crippen molar-refractivity contribution in [2.24, 2.45) is 0 Å². The minimum absolute atomic E-state index is 0.188. The molecule has 0 amide bonds. The van der Waals surface area contributed by atoms with E-state index in [1.807, 2.05) is 0 Å². The van der Waals surface area contributed by atoms with Gasteiger partial charge < -0.3 is 20.1 Å². The van der Waals surface area contributed by atoms with Crippen molar-refractivity contribution >= 4 is 18.7 Å². The number of hydrogen-bond donors (Lipinski definition) is 4. The molecule has 0 unspecified atom stereocenters. The van der Waals surface area contributed by atoms with E-state index in [9.17, 15) is 14.5 Å². The molecular weight excluding hydrogens is 313 g/mol. The van der Waals surface area contributed by atoms with Crippen LogP contribution < -0.4 is 5.56 Å². The third-order valence-electron chi connectivity index (χ3n) is 2.45. The zero-order chi connectivity index (χ0) is 16.8. The summed E-state index contributed by atoms with van der Waals surface area (Å²) in [4.78, 5) is 22.0. The third kappa shape index (κ3) is 4.85. The van der Waals surface area contributed by atoms with Crippen LogP contribution in [0.15, 0.2) is 29.1 Å². The highest BCUT2D eigenvalue weighted by atomic mass is 31.2. The molecule has 0 spiro atoms. The highest BCUT2D eigenvalue weighted by Crippen LogP contribution is 2.42. The smallest absolute Gasteiger partial charge is 0.472 e. The van der Waals surface area contributed by atoms with E-state index >= 15 is 0 Å². The summed E-state index contributed by atoms with van der Waals surface area (Å²) in [5, 5.41) is 18.9. The van der Waals surface area contributed by atoms with Crippen molar-refractivity contribution in [3.63, 3.8) is 0 Å². The van der Waals surface area contributed by atoms with E-state index in [2.05, 4.69) is 14.0 Å². The fourth-order valence-corrected chi connectivity index (χ4v) is 2.31. The molecule has 0 radical (unpaired) electrons. The largest absolute Gasteiger partial charge is 0.504 e. The van der Waals surface area contributed by atoms with Crippen LogP contribution in [0.3, 0.4) is 0 Å². The Balaban J connectivity index is 0.000000239. The Hall–Kier alpha value is -1.86. The molecule has 0 aliphatic carbocycles. The van der Waals surface area contributed by atoms with Gasteiger partial charge in [-0.3, -0.25) is 13.8 Å². The van der Waals surface area contributed by atoms with Crippen molar-refractivity contribution in [2.75, 3.05) is 13.2 Å². The van der Waals surface area contributed by atoms with Crippen LogP contribution in [0.2, 0.25) is 0 Å². The second kappa shape index (κ2) is 7.95. The molecular formula is C13H18NO7P. The lowest BCUT2D eigenvalue weighted by atomic mass is 10.2. The summed E-state index contributed by atoms with van der Waals surface area (Å²) in [6, 6.07) is 6.70. The maximum absolute atomic E-state index is 11.0. The van der Waals surface area contributed by atoms with E-state index in [1.165, 1.54) is 0 Å². The molecule has 2 aromatic rings. The number of fused-ring (bicyclic) bond motifs is 1. The molecule has 0 atom stereocenters. The number of phosphoric ester groups is 1. The summed E-state index contributed by atoms with van der Waals surface area (Å²) in [5.74, 6) is -1.02. The highest BCUT2D eigenvalue weighted by molar-refractivity contribution is 7.47. The van der Waals surface area contributed by atoms with Gasteiger partial charge in [-0.2, -0.15) is 0 Å². The van der Waals surface area contributed by atoms with Crippen LogP contribution in [-0.2, 0) is 13.6 Å². The van der Waals surface area contributed by atoms with Gasteiger partial charge in [0.2, 0.25) is 5.75 Å². The SMILES string of the molecule is CCOP(=O)(O)OCC.O=c1[nH]c2ccccc2c(O)c1O. The second-order valence-corrected chi connectivity index (χ2v) is 5.45. The zero-order valence-corrected chi connectivity index (χ0v) is 13.0. The van der Waals surface area contributed by atoms with Gasteiger partial charge in [0.25, 0.3) is 5.56 Å². The van der Waals surface area contributed by atoms with Gasteiger partial charge in [0, 0.05) is 5.39 Å². The molecule has 122 valence electrons. The minimum Gasteiger partial charge on any atom is -0.504 e. The first kappa shape index (κ1) is 18.2. The normalized spacial score (nSPS) is 11.0. The van der Waals surface area contributed by atoms with Gasteiger partial charge in [-0.25, -0.2) is 4.57 Å². The summed E-state index contributed by atoms with van der Waals surface area (Å²) in [6.45, 7) is 3.63. The van der Waals surface area contributed by atoms with Crippen molar-refractivity contribution in [1.82, 2.24) is 4.98 Å². The van der Waals surface area contributed by atoms with Gasteiger partial charge in [0.05, 0.1) is 18.7 Å². The van der Waals surface area contributed by atoms with Crippen LogP contribution in [0.1, 0.15) is 13.8 Å². The van der Waals surface area contributed by atoms with Crippen molar-refractivity contribution in [2.45, 2.75) is 13.8 Å². The number of nitrogens with one attached hydrogen (secondary N) is 1. The summed E-state index contributed by atoms with van der Waals surface area (Å²) in [7, 11) is -3.69. The predicted molar refractivity (Wildman–Crippen MR) is 81.0 cm³/mol. The van der Waals surface area contributed by atoms with Gasteiger partial charge in [0.1, 0.15) is 0 Å². The van der Waals surface area contributed by atoms with E-state index in [4.69, 9.17) is 10.00 Å². The zero-order valence-electron chi connectivity index (χ0n) is 12.1. The summed E-state index contributed by atoms with van der Waals surface area (Å²) < 4.78 is 19.2. The monoisotopic (exact) mass is 331 g/mol. The molecule has 0 aliphatic heterocycles. The predicted octanol–water partition coefficient (Wildman–Crippen LogP) is 2.10. The van der Waals surface area contributed by atoms with Gasteiger partial charge >= 0.3 is 7.82 Å². The number of para-hydroxylation sites is 1. The van der Waals surface area contributed by atoms with E-state index < -0.39 is 19.1 Å². The highest BCUT2D eigenvalue weighted by Gasteiger charge is 2.17. The van der Waals surface area contributed by atoms with Crippen molar-refractivity contribution in [1.29, 1.82) is 0 Å². The molecule has 0 saturated heterocycles. The van der Waals surface area contributed by atoms with Crippen molar-refractivity contribution in [3.05, 3.63) is 34.6 Å². The lowest BCUT2D eigenvalue weighted by Gasteiger charge is -2.07. The van der Waals surface area contributed by atoms with Gasteiger partial charge in [-0.05, 0) is 26.0 Å². The van der Waals surface area contributed by atoms with Crippen molar-refractivity contribution in [3.8, 4) is 11.5 Å². The first-order valence-electron chi connectivity index (χ1n) is 6.47. The Morgan fingerprint density at radius 3 is 2.18 bits per heavy atom. The number of phosphoric acid groups is 1. The molecule has 4 N–H and O–H groups in total. The Bertz CT molecular complexity index is 718. The molecule has 0 bridgehead atoms. The topological polar surface area (TPSA) is 129 Å². The van der Waals surface area contributed by atoms with E-state index in [0.717, 1.165) is 0 Å². The Morgan fingerprint density at radius 2 is 1.64 bits per heavy atom. The van der Waals surface area contributed by atoms with E-state index in [-0.39, 0.29) is 19.0 Å². The number of H-pyrrole nitrogens is 1. The molecule has 1 aromatic heterocycles. The number of aromatic nitrogens is 1. The fourth-order valence-electron chi connectivity index (χ4n) is 1.58. The molecule has 0 aliphatic rings. The molecule has 1 heterocycles. The number of hydrogen-bond acceptors (Lipinski definition) is 6. The molecule has 8 nitrogen and oxygen atoms in total. The first-order valence-corrected chi connectivity index (χ1v) is 7.96. The average molecular weight is 331 g/mol. The summed E-state index contributed by atoms with van der Waals surface area (Å²) in [5.41, 5.74) is -0.181. The van der Waals surface area contributed by atoms with Gasteiger partial charge in [-0.1, -0.05) is 12.1 Å².